The molecule has 1 unspecified atom stereocenters. The van der Waals surface area contributed by atoms with E-state index in [1.807, 2.05) is 19.2 Å². The van der Waals surface area contributed by atoms with Gasteiger partial charge in [-0.1, -0.05) is 30.3 Å². The number of ether oxygens (including phenoxy) is 1. The number of rotatable bonds is 8. The van der Waals surface area contributed by atoms with Gasteiger partial charge in [-0.15, -0.1) is 0 Å². The first-order chi connectivity index (χ1) is 12.8. The molecule has 1 atom stereocenters. The molecular formula is C21H29N3O2. The SMILES string of the molecule is CN=C(NCCCOCc1ccco1)N1CCC(Cc2ccccc2)C1. The monoisotopic (exact) mass is 355 g/mol. The summed E-state index contributed by atoms with van der Waals surface area (Å²) in [5, 5.41) is 3.46. The molecular weight excluding hydrogens is 326 g/mol. The minimum atomic E-state index is 0.537. The minimum Gasteiger partial charge on any atom is -0.467 e. The second-order valence-electron chi connectivity index (χ2n) is 6.75. The van der Waals surface area contributed by atoms with Crippen LogP contribution in [0.2, 0.25) is 0 Å². The maximum Gasteiger partial charge on any atom is 0.193 e. The van der Waals surface area contributed by atoms with Crippen LogP contribution in [-0.4, -0.2) is 44.1 Å². The minimum absolute atomic E-state index is 0.537. The van der Waals surface area contributed by atoms with Gasteiger partial charge in [0.1, 0.15) is 12.4 Å². The van der Waals surface area contributed by atoms with Crippen LogP contribution in [-0.2, 0) is 17.8 Å². The highest BCUT2D eigenvalue weighted by molar-refractivity contribution is 5.80. The fourth-order valence-corrected chi connectivity index (χ4v) is 3.41. The molecule has 1 aliphatic rings. The number of hydrogen-bond donors (Lipinski definition) is 1. The molecule has 1 N–H and O–H groups in total. The van der Waals surface area contributed by atoms with Crippen molar-refractivity contribution in [1.82, 2.24) is 10.2 Å². The Morgan fingerprint density at radius 3 is 2.92 bits per heavy atom. The lowest BCUT2D eigenvalue weighted by Gasteiger charge is -2.21. The van der Waals surface area contributed by atoms with E-state index in [9.17, 15) is 0 Å². The molecule has 1 aromatic heterocycles. The summed E-state index contributed by atoms with van der Waals surface area (Å²) in [6.07, 6.45) is 4.99. The molecule has 0 amide bonds. The lowest BCUT2D eigenvalue weighted by molar-refractivity contribution is 0.104. The summed E-state index contributed by atoms with van der Waals surface area (Å²) in [6, 6.07) is 14.6. The highest BCUT2D eigenvalue weighted by Crippen LogP contribution is 2.20. The lowest BCUT2D eigenvalue weighted by Crippen LogP contribution is -2.40. The van der Waals surface area contributed by atoms with Gasteiger partial charge in [-0.2, -0.15) is 0 Å². The average Bonchev–Trinajstić information content (AvgIpc) is 3.34. The van der Waals surface area contributed by atoms with Crippen LogP contribution >= 0.6 is 0 Å². The van der Waals surface area contributed by atoms with E-state index < -0.39 is 0 Å². The molecule has 1 saturated heterocycles. The van der Waals surface area contributed by atoms with E-state index in [0.29, 0.717) is 19.1 Å². The number of furan rings is 1. The van der Waals surface area contributed by atoms with Crippen LogP contribution in [0.5, 0.6) is 0 Å². The van der Waals surface area contributed by atoms with Gasteiger partial charge >= 0.3 is 0 Å². The number of likely N-dealkylation sites (tertiary alicyclic amines) is 1. The molecule has 0 bridgehead atoms. The van der Waals surface area contributed by atoms with Gasteiger partial charge in [-0.25, -0.2) is 0 Å². The van der Waals surface area contributed by atoms with Gasteiger partial charge in [0.15, 0.2) is 5.96 Å². The number of benzene rings is 1. The molecule has 26 heavy (non-hydrogen) atoms. The molecule has 5 nitrogen and oxygen atoms in total. The summed E-state index contributed by atoms with van der Waals surface area (Å²) >= 11 is 0. The molecule has 2 aromatic rings. The van der Waals surface area contributed by atoms with Crippen LogP contribution in [0, 0.1) is 5.92 Å². The highest BCUT2D eigenvalue weighted by Gasteiger charge is 2.24. The van der Waals surface area contributed by atoms with E-state index in [0.717, 1.165) is 44.2 Å². The maximum atomic E-state index is 5.62. The molecule has 1 aromatic carbocycles. The first-order valence-corrected chi connectivity index (χ1v) is 9.45. The van der Waals surface area contributed by atoms with Crippen LogP contribution in [0.3, 0.4) is 0 Å². The zero-order valence-electron chi connectivity index (χ0n) is 15.6. The van der Waals surface area contributed by atoms with Gasteiger partial charge in [-0.3, -0.25) is 4.99 Å². The third-order valence-electron chi connectivity index (χ3n) is 4.74. The van der Waals surface area contributed by atoms with Crippen LogP contribution in [0.1, 0.15) is 24.2 Å². The van der Waals surface area contributed by atoms with E-state index in [1.165, 1.54) is 12.0 Å². The van der Waals surface area contributed by atoms with E-state index >= 15 is 0 Å². The van der Waals surface area contributed by atoms with Gasteiger partial charge in [-0.05, 0) is 42.9 Å². The van der Waals surface area contributed by atoms with Crippen molar-refractivity contribution in [2.75, 3.05) is 33.3 Å². The second-order valence-corrected chi connectivity index (χ2v) is 6.75. The van der Waals surface area contributed by atoms with Gasteiger partial charge in [0.2, 0.25) is 0 Å². The molecule has 1 fully saturated rings. The summed E-state index contributed by atoms with van der Waals surface area (Å²) in [7, 11) is 1.86. The predicted octanol–water partition coefficient (Wildman–Crippen LogP) is 3.33. The second kappa shape index (κ2) is 10.0. The Balaban J connectivity index is 1.32. The van der Waals surface area contributed by atoms with Crippen molar-refractivity contribution in [3.8, 4) is 0 Å². The van der Waals surface area contributed by atoms with Crippen molar-refractivity contribution >= 4 is 5.96 Å². The number of hydrogen-bond acceptors (Lipinski definition) is 3. The number of nitrogens with one attached hydrogen (secondary N) is 1. The van der Waals surface area contributed by atoms with Gasteiger partial charge < -0.3 is 19.4 Å². The first-order valence-electron chi connectivity index (χ1n) is 9.45. The quantitative estimate of drug-likeness (QED) is 0.448. The lowest BCUT2D eigenvalue weighted by atomic mass is 9.99. The van der Waals surface area contributed by atoms with E-state index in [4.69, 9.17) is 9.15 Å². The van der Waals surface area contributed by atoms with Gasteiger partial charge in [0.25, 0.3) is 0 Å². The maximum absolute atomic E-state index is 5.62. The largest absolute Gasteiger partial charge is 0.467 e. The van der Waals surface area contributed by atoms with Crippen LogP contribution < -0.4 is 5.32 Å². The zero-order chi connectivity index (χ0) is 18.0. The Labute approximate surface area is 156 Å². The first kappa shape index (κ1) is 18.5. The molecule has 0 spiro atoms. The third kappa shape index (κ3) is 5.63. The zero-order valence-corrected chi connectivity index (χ0v) is 15.6. The molecule has 0 aliphatic carbocycles. The number of aliphatic imine (C=N–C) groups is 1. The number of guanidine groups is 1. The van der Waals surface area contributed by atoms with Crippen LogP contribution in [0.15, 0.2) is 58.1 Å². The molecule has 1 aliphatic heterocycles. The fourth-order valence-electron chi connectivity index (χ4n) is 3.41. The molecule has 3 rings (SSSR count). The number of nitrogens with zero attached hydrogens (tertiary/aromatic N) is 2. The van der Waals surface area contributed by atoms with E-state index in [2.05, 4.69) is 45.5 Å². The summed E-state index contributed by atoms with van der Waals surface area (Å²) in [6.45, 7) is 4.26. The normalized spacial score (nSPS) is 17.7. The summed E-state index contributed by atoms with van der Waals surface area (Å²) in [5.74, 6) is 2.58. The Morgan fingerprint density at radius 1 is 1.27 bits per heavy atom. The summed E-state index contributed by atoms with van der Waals surface area (Å²) < 4.78 is 10.9. The molecule has 5 heteroatoms. The molecule has 2 heterocycles. The van der Waals surface area contributed by atoms with Crippen molar-refractivity contribution in [2.24, 2.45) is 10.9 Å². The third-order valence-corrected chi connectivity index (χ3v) is 4.74. The summed E-state index contributed by atoms with van der Waals surface area (Å²) in [4.78, 5) is 6.82. The van der Waals surface area contributed by atoms with Crippen molar-refractivity contribution in [3.63, 3.8) is 0 Å². The van der Waals surface area contributed by atoms with Crippen LogP contribution in [0.25, 0.3) is 0 Å². The molecule has 140 valence electrons. The Morgan fingerprint density at radius 2 is 2.15 bits per heavy atom. The standard InChI is InChI=1S/C21H29N3O2/c1-22-21(23-11-6-13-25-17-20-9-5-14-26-20)24-12-10-19(16-24)15-18-7-3-2-4-8-18/h2-5,7-9,14,19H,6,10-13,15-17H2,1H3,(H,22,23). The van der Waals surface area contributed by atoms with Crippen LogP contribution in [0.4, 0.5) is 0 Å². The van der Waals surface area contributed by atoms with Crippen molar-refractivity contribution in [3.05, 3.63) is 60.1 Å². The van der Waals surface area contributed by atoms with E-state index in [-0.39, 0.29) is 0 Å². The fraction of sp³-hybridized carbons (Fsp3) is 0.476. The molecule has 0 radical (unpaired) electrons. The van der Waals surface area contributed by atoms with Crippen molar-refractivity contribution in [2.45, 2.75) is 25.9 Å². The summed E-state index contributed by atoms with van der Waals surface area (Å²) in [5.41, 5.74) is 1.43. The van der Waals surface area contributed by atoms with Crippen molar-refractivity contribution < 1.29 is 9.15 Å². The highest BCUT2D eigenvalue weighted by atomic mass is 16.5. The molecule has 0 saturated carbocycles. The van der Waals surface area contributed by atoms with Gasteiger partial charge in [0.05, 0.1) is 6.26 Å². The Kier molecular flexibility index (Phi) is 7.14. The van der Waals surface area contributed by atoms with E-state index in [1.54, 1.807) is 6.26 Å². The Bertz CT molecular complexity index is 655. The predicted molar refractivity (Wildman–Crippen MR) is 104 cm³/mol. The smallest absolute Gasteiger partial charge is 0.193 e. The average molecular weight is 355 g/mol. The topological polar surface area (TPSA) is 50.0 Å². The van der Waals surface area contributed by atoms with Gasteiger partial charge in [0, 0.05) is 33.3 Å². The Hall–Kier alpha value is -2.27. The van der Waals surface area contributed by atoms with Crippen molar-refractivity contribution in [1.29, 1.82) is 0 Å².